The number of ether oxygens (including phenoxy) is 6. The van der Waals surface area contributed by atoms with Gasteiger partial charge in [-0.25, -0.2) is 4.98 Å². The Balaban J connectivity index is 0.677. The molecule has 5 heterocycles. The number of piperidine rings is 1. The van der Waals surface area contributed by atoms with Crippen molar-refractivity contribution in [3.8, 4) is 11.6 Å². The predicted molar refractivity (Wildman–Crippen MR) is 202 cm³/mol. The van der Waals surface area contributed by atoms with Crippen LogP contribution in [0.1, 0.15) is 75.8 Å². The molecule has 7 rings (SSSR count). The molecular formula is C40H46ClN5O10. The summed E-state index contributed by atoms with van der Waals surface area (Å²) in [6, 6.07) is 8.03. The van der Waals surface area contributed by atoms with Gasteiger partial charge >= 0.3 is 0 Å². The zero-order valence-electron chi connectivity index (χ0n) is 31.3. The van der Waals surface area contributed by atoms with E-state index < -0.39 is 29.7 Å². The summed E-state index contributed by atoms with van der Waals surface area (Å²) in [6.07, 6.45) is 9.06. The fourth-order valence-corrected chi connectivity index (χ4v) is 8.24. The molecule has 1 aromatic carbocycles. The highest BCUT2D eigenvalue weighted by atomic mass is 35.5. The van der Waals surface area contributed by atoms with Crippen molar-refractivity contribution >= 4 is 40.9 Å². The van der Waals surface area contributed by atoms with E-state index in [0.717, 1.165) is 34.9 Å². The number of anilines is 1. The fourth-order valence-electron chi connectivity index (χ4n) is 7.94. The minimum Gasteiger partial charge on any atom is -0.491 e. The number of pyridine rings is 2. The van der Waals surface area contributed by atoms with Crippen molar-refractivity contribution < 1.29 is 47.6 Å². The number of imide groups is 2. The molecule has 4 atom stereocenters. The van der Waals surface area contributed by atoms with E-state index >= 15 is 0 Å². The van der Waals surface area contributed by atoms with Gasteiger partial charge in [0, 0.05) is 55.6 Å². The third kappa shape index (κ3) is 8.97. The van der Waals surface area contributed by atoms with Gasteiger partial charge in [-0.05, 0) is 55.4 Å². The molecule has 298 valence electrons. The molecule has 0 spiro atoms. The van der Waals surface area contributed by atoms with Crippen LogP contribution in [0.4, 0.5) is 5.69 Å². The Hall–Kier alpha value is -4.67. The number of aromatic nitrogens is 2. The first kappa shape index (κ1) is 39.6. The van der Waals surface area contributed by atoms with Crippen molar-refractivity contribution in [1.82, 2.24) is 20.2 Å². The number of benzene rings is 1. The largest absolute Gasteiger partial charge is 0.491 e. The third-order valence-electron chi connectivity index (χ3n) is 10.7. The average Bonchev–Trinajstić information content (AvgIpc) is 3.63. The SMILES string of the molecule is CN1c2c(Cl)cncc2C2CCC(c3ccc(OCCOCCOCCOCCOCCOc4ccc5c(c4)C(=O)N(C4CCC(=O)NC4=O)C5=O)nc3)CC21. The van der Waals surface area contributed by atoms with Crippen LogP contribution in [0.25, 0.3) is 0 Å². The summed E-state index contributed by atoms with van der Waals surface area (Å²) in [5.74, 6) is -0.330. The second-order valence-corrected chi connectivity index (χ2v) is 14.5. The van der Waals surface area contributed by atoms with Gasteiger partial charge in [0.1, 0.15) is 25.0 Å². The van der Waals surface area contributed by atoms with Gasteiger partial charge < -0.3 is 33.3 Å². The maximum absolute atomic E-state index is 13.0. The Labute approximate surface area is 329 Å². The van der Waals surface area contributed by atoms with Crippen LogP contribution in [0.3, 0.4) is 0 Å². The van der Waals surface area contributed by atoms with Gasteiger partial charge in [0.15, 0.2) is 0 Å². The number of hydrogen-bond donors (Lipinski definition) is 1. The van der Waals surface area contributed by atoms with E-state index in [1.807, 2.05) is 18.5 Å². The van der Waals surface area contributed by atoms with Gasteiger partial charge in [0.25, 0.3) is 11.8 Å². The van der Waals surface area contributed by atoms with Crippen molar-refractivity contribution in [3.63, 3.8) is 0 Å². The predicted octanol–water partition coefficient (Wildman–Crippen LogP) is 3.93. The van der Waals surface area contributed by atoms with E-state index in [1.54, 1.807) is 12.3 Å². The van der Waals surface area contributed by atoms with Gasteiger partial charge in [-0.2, -0.15) is 0 Å². The number of halogens is 1. The minimum atomic E-state index is -1.01. The number of nitrogens with one attached hydrogen (secondary N) is 1. The second kappa shape index (κ2) is 18.5. The number of likely N-dealkylation sites (N-methyl/N-ethyl adjacent to an activating group) is 1. The number of amides is 4. The molecule has 2 aromatic heterocycles. The van der Waals surface area contributed by atoms with E-state index in [9.17, 15) is 19.2 Å². The molecule has 4 aliphatic rings. The molecule has 1 aliphatic carbocycles. The molecule has 4 unspecified atom stereocenters. The standard InChI is InChI=1S/C40H46ClN5O10/c1-45-34-20-25(2-5-28(34)31-23-42-24-32(41)37(31)45)26-3-9-36(43-22-26)56-19-17-54-15-13-52-11-10-51-12-14-53-16-18-55-27-4-6-29-30(21-27)40(50)46(39(29)49)33-7-8-35(47)44-38(33)48/h3-4,6,9,21-25,28,33-34H,2,5,7-8,10-20H2,1H3,(H,44,47,48). The van der Waals surface area contributed by atoms with Crippen LogP contribution in [0.5, 0.6) is 11.6 Å². The summed E-state index contributed by atoms with van der Waals surface area (Å²) < 4.78 is 33.7. The van der Waals surface area contributed by atoms with Gasteiger partial charge in [-0.15, -0.1) is 0 Å². The molecule has 1 saturated heterocycles. The molecule has 1 N–H and O–H groups in total. The third-order valence-corrected chi connectivity index (χ3v) is 11.0. The van der Waals surface area contributed by atoms with Crippen molar-refractivity contribution in [3.05, 3.63) is 76.2 Å². The highest BCUT2D eigenvalue weighted by molar-refractivity contribution is 6.33. The first-order valence-electron chi connectivity index (χ1n) is 19.0. The van der Waals surface area contributed by atoms with Gasteiger partial charge in [-0.1, -0.05) is 17.7 Å². The van der Waals surface area contributed by atoms with Crippen molar-refractivity contribution in [2.45, 2.75) is 56.0 Å². The monoisotopic (exact) mass is 791 g/mol. The maximum atomic E-state index is 13.0. The first-order valence-corrected chi connectivity index (χ1v) is 19.4. The molecule has 3 aromatic rings. The molecule has 0 bridgehead atoms. The van der Waals surface area contributed by atoms with Crippen LogP contribution in [-0.4, -0.2) is 124 Å². The molecule has 15 nitrogen and oxygen atoms in total. The molecule has 1 saturated carbocycles. The summed E-state index contributed by atoms with van der Waals surface area (Å²) in [4.78, 5) is 61.6. The number of carbonyl (C=O) groups excluding carboxylic acids is 4. The summed E-state index contributed by atoms with van der Waals surface area (Å²) in [6.45, 7) is 3.81. The van der Waals surface area contributed by atoms with Crippen molar-refractivity contribution in [1.29, 1.82) is 0 Å². The number of rotatable bonds is 19. The average molecular weight is 792 g/mol. The van der Waals surface area contributed by atoms with Crippen LogP contribution in [0.2, 0.25) is 5.02 Å². The number of hydrogen-bond acceptors (Lipinski definition) is 13. The first-order chi connectivity index (χ1) is 27.3. The minimum absolute atomic E-state index is 0.0625. The Morgan fingerprint density at radius 2 is 1.45 bits per heavy atom. The highest BCUT2D eigenvalue weighted by Gasteiger charge is 2.45. The van der Waals surface area contributed by atoms with E-state index in [-0.39, 0.29) is 30.6 Å². The topological polar surface area (TPSA) is 168 Å². The van der Waals surface area contributed by atoms with E-state index in [2.05, 4.69) is 33.3 Å². The molecule has 16 heteroatoms. The van der Waals surface area contributed by atoms with E-state index in [4.69, 9.17) is 40.0 Å². The Kier molecular flexibility index (Phi) is 13.1. The zero-order chi connectivity index (χ0) is 39.0. The zero-order valence-corrected chi connectivity index (χ0v) is 32.0. The lowest BCUT2D eigenvalue weighted by Gasteiger charge is -2.35. The van der Waals surface area contributed by atoms with Crippen LogP contribution >= 0.6 is 11.6 Å². The molecule has 2 fully saturated rings. The Morgan fingerprint density at radius 1 is 0.768 bits per heavy atom. The normalized spacial score (nSPS) is 21.5. The number of nitrogens with zero attached hydrogens (tertiary/aromatic N) is 4. The van der Waals surface area contributed by atoms with Gasteiger partial charge in [-0.3, -0.25) is 34.4 Å². The van der Waals surface area contributed by atoms with Crippen LogP contribution in [0, 0.1) is 0 Å². The molecule has 56 heavy (non-hydrogen) atoms. The lowest BCUT2D eigenvalue weighted by Crippen LogP contribution is -2.54. The Bertz CT molecular complexity index is 1900. The van der Waals surface area contributed by atoms with Gasteiger partial charge in [0.2, 0.25) is 17.7 Å². The van der Waals surface area contributed by atoms with E-state index in [1.165, 1.54) is 23.3 Å². The van der Waals surface area contributed by atoms with E-state index in [0.29, 0.717) is 89.0 Å². The molecule has 4 amide bonds. The lowest BCUT2D eigenvalue weighted by atomic mass is 9.75. The summed E-state index contributed by atoms with van der Waals surface area (Å²) in [5, 5.41) is 2.91. The summed E-state index contributed by atoms with van der Waals surface area (Å²) >= 11 is 6.49. The Morgan fingerprint density at radius 3 is 2.12 bits per heavy atom. The lowest BCUT2D eigenvalue weighted by molar-refractivity contribution is -0.136. The molecule has 3 aliphatic heterocycles. The summed E-state index contributed by atoms with van der Waals surface area (Å²) in [5.41, 5.74) is 3.99. The van der Waals surface area contributed by atoms with Crippen LogP contribution < -0.4 is 19.7 Å². The molecular weight excluding hydrogens is 746 g/mol. The number of carbonyl (C=O) groups is 4. The quantitative estimate of drug-likeness (QED) is 0.137. The van der Waals surface area contributed by atoms with Gasteiger partial charge in [0.05, 0.1) is 74.7 Å². The second-order valence-electron chi connectivity index (χ2n) is 14.1. The smallest absolute Gasteiger partial charge is 0.262 e. The fraction of sp³-hybridized carbons (Fsp3) is 0.500. The van der Waals surface area contributed by atoms with Crippen LogP contribution in [-0.2, 0) is 28.5 Å². The van der Waals surface area contributed by atoms with Crippen molar-refractivity contribution in [2.24, 2.45) is 0 Å². The maximum Gasteiger partial charge on any atom is 0.262 e. The highest BCUT2D eigenvalue weighted by Crippen LogP contribution is 2.52. The summed E-state index contributed by atoms with van der Waals surface area (Å²) in [7, 11) is 2.14. The van der Waals surface area contributed by atoms with Crippen molar-refractivity contribution in [2.75, 3.05) is 78.0 Å². The van der Waals surface area contributed by atoms with Crippen LogP contribution in [0.15, 0.2) is 48.9 Å². The molecule has 0 radical (unpaired) electrons. The number of fused-ring (bicyclic) bond motifs is 4.